The molecule has 0 fully saturated rings. The van der Waals surface area contributed by atoms with E-state index in [1.165, 1.54) is 14.2 Å². The van der Waals surface area contributed by atoms with Crippen molar-refractivity contribution in [3.63, 3.8) is 0 Å². The molecular weight excluding hydrogens is 358 g/mol. The Kier molecular flexibility index (Phi) is 9.19. The van der Waals surface area contributed by atoms with Crippen molar-refractivity contribution in [1.82, 2.24) is 0 Å². The van der Waals surface area contributed by atoms with Gasteiger partial charge in [0.15, 0.2) is 5.52 Å². The summed E-state index contributed by atoms with van der Waals surface area (Å²) in [7, 11) is 4.56. The molecule has 142 valence electrons. The number of methoxy groups -OCH3 is 3. The Bertz CT molecular complexity index is 767. The normalized spacial score (nSPS) is 10.6. The Morgan fingerprint density at radius 3 is 1.96 bits per heavy atom. The minimum absolute atomic E-state index is 0. The van der Waals surface area contributed by atoms with Crippen LogP contribution >= 0.6 is 8.58 Å². The first-order chi connectivity index (χ1) is 12.4. The van der Waals surface area contributed by atoms with Gasteiger partial charge in [0.1, 0.15) is 28.6 Å². The molecule has 0 spiro atoms. The molecule has 2 aromatic carbocycles. The van der Waals surface area contributed by atoms with Gasteiger partial charge in [0.25, 0.3) is 0 Å². The van der Waals surface area contributed by atoms with Crippen LogP contribution in [-0.4, -0.2) is 51.8 Å². The van der Waals surface area contributed by atoms with E-state index < -0.39 is 0 Å². The van der Waals surface area contributed by atoms with Crippen LogP contribution in [0.1, 0.15) is 29.8 Å². The standard InChI is InChI=1S/C20H25O5P.Li.H/c1-12(2)25-14-7-8-18(13(3)9-14)26-20(21)19-16(23-5)10-15(22-4)11-17(19)24-6;;/h7-12,26H,1-6H3;;. The van der Waals surface area contributed by atoms with Crippen LogP contribution in [0.15, 0.2) is 30.3 Å². The molecule has 2 rings (SSSR count). The van der Waals surface area contributed by atoms with Crippen LogP contribution in [0.4, 0.5) is 0 Å². The number of carbonyl (C=O) groups excluding carboxylic acids is 1. The van der Waals surface area contributed by atoms with Gasteiger partial charge < -0.3 is 18.9 Å². The van der Waals surface area contributed by atoms with Crippen LogP contribution in [0.25, 0.3) is 0 Å². The Morgan fingerprint density at radius 1 is 0.926 bits per heavy atom. The van der Waals surface area contributed by atoms with Crippen molar-refractivity contribution < 1.29 is 23.7 Å². The number of hydrogen-bond acceptors (Lipinski definition) is 5. The fourth-order valence-electron chi connectivity index (χ4n) is 2.54. The van der Waals surface area contributed by atoms with Crippen molar-refractivity contribution in [3.8, 4) is 23.0 Å². The second-order valence-electron chi connectivity index (χ2n) is 6.00. The van der Waals surface area contributed by atoms with Gasteiger partial charge in [-0.15, -0.1) is 0 Å². The van der Waals surface area contributed by atoms with Crippen LogP contribution in [0.2, 0.25) is 0 Å². The number of carbonyl (C=O) groups is 1. The maximum atomic E-state index is 13.0. The van der Waals surface area contributed by atoms with Gasteiger partial charge in [-0.3, -0.25) is 4.79 Å². The van der Waals surface area contributed by atoms with Gasteiger partial charge in [-0.25, -0.2) is 0 Å². The van der Waals surface area contributed by atoms with E-state index in [1.807, 2.05) is 39.0 Å². The summed E-state index contributed by atoms with van der Waals surface area (Å²) in [5.74, 6) is 2.26. The molecule has 0 aliphatic rings. The zero-order valence-corrected chi connectivity index (χ0v) is 17.0. The summed E-state index contributed by atoms with van der Waals surface area (Å²) in [6.07, 6.45) is 0.108. The average molecular weight is 384 g/mol. The predicted molar refractivity (Wildman–Crippen MR) is 112 cm³/mol. The third-order valence-electron chi connectivity index (χ3n) is 3.76. The molecule has 0 N–H and O–H groups in total. The van der Waals surface area contributed by atoms with E-state index in [2.05, 4.69) is 0 Å². The van der Waals surface area contributed by atoms with Crippen LogP contribution in [-0.2, 0) is 0 Å². The van der Waals surface area contributed by atoms with E-state index in [1.54, 1.807) is 19.2 Å². The molecule has 0 heterocycles. The third kappa shape index (κ3) is 5.91. The fraction of sp³-hybridized carbons (Fsp3) is 0.350. The zero-order valence-electron chi connectivity index (χ0n) is 16.0. The molecule has 0 radical (unpaired) electrons. The number of aryl methyl sites for hydroxylation is 1. The zero-order chi connectivity index (χ0) is 19.3. The summed E-state index contributed by atoms with van der Waals surface area (Å²) >= 11 is 0. The fourth-order valence-corrected chi connectivity index (χ4v) is 3.59. The number of hydrogen-bond donors (Lipinski definition) is 0. The van der Waals surface area contributed by atoms with Gasteiger partial charge in [-0.2, -0.15) is 0 Å². The molecule has 0 aromatic heterocycles. The summed E-state index contributed by atoms with van der Waals surface area (Å²) in [6.45, 7) is 5.94. The number of benzene rings is 2. The number of ether oxygens (including phenoxy) is 4. The van der Waals surface area contributed by atoms with Gasteiger partial charge >= 0.3 is 18.9 Å². The van der Waals surface area contributed by atoms with E-state index in [0.29, 0.717) is 22.8 Å². The van der Waals surface area contributed by atoms with Gasteiger partial charge in [0.05, 0.1) is 27.4 Å². The summed E-state index contributed by atoms with van der Waals surface area (Å²) in [5, 5.41) is 0.964. The molecule has 27 heavy (non-hydrogen) atoms. The number of rotatable bonds is 8. The van der Waals surface area contributed by atoms with Gasteiger partial charge in [-0.05, 0) is 52.4 Å². The van der Waals surface area contributed by atoms with Crippen molar-refractivity contribution >= 4 is 38.3 Å². The molecular formula is C20H26LiO5P. The van der Waals surface area contributed by atoms with Gasteiger partial charge in [0, 0.05) is 12.1 Å². The van der Waals surface area contributed by atoms with Gasteiger partial charge in [0.2, 0.25) is 0 Å². The van der Waals surface area contributed by atoms with Crippen molar-refractivity contribution in [2.24, 2.45) is 0 Å². The SMILES string of the molecule is COc1cc(OC)c(C(=O)Pc2ccc(OC(C)C)cc2C)c(OC)c1.[LiH]. The van der Waals surface area contributed by atoms with E-state index >= 15 is 0 Å². The Morgan fingerprint density at radius 2 is 1.52 bits per heavy atom. The Hall–Kier alpha value is -1.66. The second-order valence-corrected chi connectivity index (χ2v) is 7.25. The first kappa shape index (κ1) is 23.4. The van der Waals surface area contributed by atoms with E-state index in [9.17, 15) is 4.79 Å². The first-order valence-corrected chi connectivity index (χ1v) is 9.28. The maximum absolute atomic E-state index is 13.0. The van der Waals surface area contributed by atoms with E-state index in [4.69, 9.17) is 18.9 Å². The topological polar surface area (TPSA) is 54.0 Å². The average Bonchev–Trinajstić information content (AvgIpc) is 2.62. The van der Waals surface area contributed by atoms with Crippen molar-refractivity contribution in [2.75, 3.05) is 21.3 Å². The molecule has 0 aliphatic heterocycles. The first-order valence-electron chi connectivity index (χ1n) is 8.28. The van der Waals surface area contributed by atoms with Crippen LogP contribution in [0, 0.1) is 6.92 Å². The third-order valence-corrected chi connectivity index (χ3v) is 5.07. The summed E-state index contributed by atoms with van der Waals surface area (Å²) in [6, 6.07) is 9.16. The van der Waals surface area contributed by atoms with Crippen LogP contribution < -0.4 is 24.3 Å². The van der Waals surface area contributed by atoms with Crippen molar-refractivity contribution in [1.29, 1.82) is 0 Å². The molecule has 5 nitrogen and oxygen atoms in total. The molecule has 0 amide bonds. The monoisotopic (exact) mass is 384 g/mol. The summed E-state index contributed by atoms with van der Waals surface area (Å²) < 4.78 is 21.7. The van der Waals surface area contributed by atoms with Crippen LogP contribution in [0.5, 0.6) is 23.0 Å². The molecule has 1 unspecified atom stereocenters. The second kappa shape index (κ2) is 10.6. The molecule has 2 aromatic rings. The molecule has 1 atom stereocenters. The molecule has 0 aliphatic carbocycles. The minimum atomic E-state index is -0.0537. The van der Waals surface area contributed by atoms with E-state index in [-0.39, 0.29) is 39.1 Å². The van der Waals surface area contributed by atoms with Crippen molar-refractivity contribution in [3.05, 3.63) is 41.5 Å². The van der Waals surface area contributed by atoms with E-state index in [0.717, 1.165) is 16.6 Å². The molecule has 0 saturated heterocycles. The Labute approximate surface area is 174 Å². The molecule has 0 bridgehead atoms. The summed E-state index contributed by atoms with van der Waals surface area (Å²) in [4.78, 5) is 13.0. The van der Waals surface area contributed by atoms with Crippen molar-refractivity contribution in [2.45, 2.75) is 26.9 Å². The van der Waals surface area contributed by atoms with Crippen LogP contribution in [0.3, 0.4) is 0 Å². The quantitative estimate of drug-likeness (QED) is 0.516. The molecule has 7 heteroatoms. The van der Waals surface area contributed by atoms with Gasteiger partial charge in [-0.1, -0.05) is 6.07 Å². The predicted octanol–water partition coefficient (Wildman–Crippen LogP) is 3.30. The summed E-state index contributed by atoms with van der Waals surface area (Å²) in [5.41, 5.74) is 1.39. The molecule has 0 saturated carbocycles. The Balaban J connectivity index is 0.00000364.